The maximum atomic E-state index is 12.9. The Morgan fingerprint density at radius 2 is 1.87 bits per heavy atom. The van der Waals surface area contributed by atoms with Gasteiger partial charge in [0.15, 0.2) is 0 Å². The summed E-state index contributed by atoms with van der Waals surface area (Å²) < 4.78 is 39.4. The molecule has 1 aromatic carbocycles. The molecule has 2 atom stereocenters. The fourth-order valence-electron chi connectivity index (χ4n) is 2.49. The maximum absolute atomic E-state index is 12.9. The Morgan fingerprint density at radius 1 is 1.17 bits per heavy atom. The predicted molar refractivity (Wildman–Crippen MR) is 88.0 cm³/mol. The summed E-state index contributed by atoms with van der Waals surface area (Å²) in [5.41, 5.74) is 2.73. The van der Waals surface area contributed by atoms with Gasteiger partial charge in [0.2, 0.25) is 10.0 Å². The van der Waals surface area contributed by atoms with E-state index in [4.69, 9.17) is 0 Å². The first-order valence-electron chi connectivity index (χ1n) is 7.60. The molecule has 122 valence electrons. The Morgan fingerprint density at radius 3 is 2.43 bits per heavy atom. The van der Waals surface area contributed by atoms with Crippen molar-refractivity contribution in [2.75, 3.05) is 0 Å². The molecule has 0 bridgehead atoms. The molecule has 4 nitrogen and oxygen atoms in total. The number of sulfonamides is 1. The fourth-order valence-corrected chi connectivity index (χ4v) is 3.44. The van der Waals surface area contributed by atoms with E-state index in [1.807, 2.05) is 24.3 Å². The quantitative estimate of drug-likeness (QED) is 0.914. The molecule has 23 heavy (non-hydrogen) atoms. The molecule has 0 radical (unpaired) electrons. The van der Waals surface area contributed by atoms with E-state index in [2.05, 4.69) is 9.71 Å². The summed E-state index contributed by atoms with van der Waals surface area (Å²) in [6.45, 7) is 3.34. The molecular formula is C17H19FN2O2S. The van der Waals surface area contributed by atoms with Crippen molar-refractivity contribution >= 4 is 10.0 Å². The Balaban J connectivity index is 1.69. The molecule has 1 aliphatic rings. The molecule has 0 amide bonds. The number of pyridine rings is 1. The van der Waals surface area contributed by atoms with E-state index in [0.29, 0.717) is 5.69 Å². The van der Waals surface area contributed by atoms with Crippen LogP contribution in [0.25, 0.3) is 11.3 Å². The topological polar surface area (TPSA) is 59.1 Å². The average Bonchev–Trinajstić information content (AvgIpc) is 3.26. The van der Waals surface area contributed by atoms with Crippen LogP contribution >= 0.6 is 0 Å². The first-order chi connectivity index (χ1) is 10.9. The zero-order valence-electron chi connectivity index (χ0n) is 13.0. The Hall–Kier alpha value is -1.79. The van der Waals surface area contributed by atoms with Crippen molar-refractivity contribution in [3.05, 3.63) is 54.0 Å². The van der Waals surface area contributed by atoms with Crippen molar-refractivity contribution < 1.29 is 12.8 Å². The lowest BCUT2D eigenvalue weighted by Gasteiger charge is -2.09. The molecule has 1 saturated carbocycles. The van der Waals surface area contributed by atoms with Crippen molar-refractivity contribution in [2.45, 2.75) is 37.5 Å². The van der Waals surface area contributed by atoms with Gasteiger partial charge in [0.05, 0.1) is 17.1 Å². The largest absolute Gasteiger partial charge is 0.253 e. The van der Waals surface area contributed by atoms with Gasteiger partial charge in [-0.1, -0.05) is 24.3 Å². The third kappa shape index (κ3) is 3.59. The van der Waals surface area contributed by atoms with Crippen LogP contribution in [0.2, 0.25) is 0 Å². The van der Waals surface area contributed by atoms with E-state index < -0.39 is 15.3 Å². The number of benzene rings is 1. The van der Waals surface area contributed by atoms with E-state index in [1.54, 1.807) is 19.9 Å². The molecule has 1 heterocycles. The van der Waals surface area contributed by atoms with Crippen LogP contribution in [0.15, 0.2) is 42.6 Å². The standard InChI is InChI=1S/C17H19FN2O2S/c1-11(2)23(21,22)20-17-9-15(17)12-3-5-13(6-4-12)16-8-7-14(18)10-19-16/h3-8,10-11,15,17,20H,9H2,1-2H3. The van der Waals surface area contributed by atoms with Crippen LogP contribution in [0.4, 0.5) is 4.39 Å². The van der Waals surface area contributed by atoms with E-state index in [1.165, 1.54) is 12.3 Å². The summed E-state index contributed by atoms with van der Waals surface area (Å²) in [5, 5.41) is -0.421. The number of hydrogen-bond donors (Lipinski definition) is 1. The number of nitrogens with one attached hydrogen (secondary N) is 1. The molecule has 0 aliphatic heterocycles. The Kier molecular flexibility index (Phi) is 4.21. The van der Waals surface area contributed by atoms with Gasteiger partial charge in [0, 0.05) is 17.5 Å². The van der Waals surface area contributed by atoms with Gasteiger partial charge in [-0.3, -0.25) is 4.98 Å². The first kappa shape index (κ1) is 16.1. The minimum absolute atomic E-state index is 0.0165. The molecule has 2 aromatic rings. The highest BCUT2D eigenvalue weighted by molar-refractivity contribution is 7.90. The van der Waals surface area contributed by atoms with Crippen molar-refractivity contribution in [1.29, 1.82) is 0 Å². The molecule has 0 saturated heterocycles. The first-order valence-corrected chi connectivity index (χ1v) is 9.14. The van der Waals surface area contributed by atoms with Crippen molar-refractivity contribution in [3.63, 3.8) is 0 Å². The molecule has 0 spiro atoms. The van der Waals surface area contributed by atoms with Crippen LogP contribution in [0.1, 0.15) is 31.7 Å². The molecule has 1 fully saturated rings. The van der Waals surface area contributed by atoms with Crippen molar-refractivity contribution in [3.8, 4) is 11.3 Å². The lowest BCUT2D eigenvalue weighted by atomic mass is 10.1. The van der Waals surface area contributed by atoms with E-state index in [-0.39, 0.29) is 17.8 Å². The van der Waals surface area contributed by atoms with E-state index in [0.717, 1.165) is 17.5 Å². The number of hydrogen-bond acceptors (Lipinski definition) is 3. The van der Waals surface area contributed by atoms with Gasteiger partial charge in [-0.2, -0.15) is 0 Å². The lowest BCUT2D eigenvalue weighted by molar-refractivity contribution is 0.571. The maximum Gasteiger partial charge on any atom is 0.214 e. The van der Waals surface area contributed by atoms with Crippen LogP contribution in [-0.2, 0) is 10.0 Å². The number of rotatable bonds is 5. The molecule has 6 heteroatoms. The van der Waals surface area contributed by atoms with Gasteiger partial charge in [-0.05, 0) is 38.0 Å². The second-order valence-corrected chi connectivity index (χ2v) is 8.41. The summed E-state index contributed by atoms with van der Waals surface area (Å²) in [5.74, 6) is -0.137. The fraction of sp³-hybridized carbons (Fsp3) is 0.353. The summed E-state index contributed by atoms with van der Waals surface area (Å²) in [6, 6.07) is 10.8. The second-order valence-electron chi connectivity index (χ2n) is 6.14. The van der Waals surface area contributed by atoms with Crippen LogP contribution in [0, 0.1) is 5.82 Å². The highest BCUT2D eigenvalue weighted by Crippen LogP contribution is 2.41. The summed E-state index contributed by atoms with van der Waals surface area (Å²) in [6.07, 6.45) is 2.01. The molecule has 1 aromatic heterocycles. The van der Waals surface area contributed by atoms with Crippen LogP contribution in [-0.4, -0.2) is 24.7 Å². The van der Waals surface area contributed by atoms with E-state index >= 15 is 0 Å². The highest BCUT2D eigenvalue weighted by atomic mass is 32.2. The van der Waals surface area contributed by atoms with Gasteiger partial charge in [0.1, 0.15) is 5.82 Å². The van der Waals surface area contributed by atoms with E-state index in [9.17, 15) is 12.8 Å². The van der Waals surface area contributed by atoms with Gasteiger partial charge < -0.3 is 0 Å². The third-order valence-electron chi connectivity index (χ3n) is 4.09. The minimum Gasteiger partial charge on any atom is -0.253 e. The van der Waals surface area contributed by atoms with Gasteiger partial charge >= 0.3 is 0 Å². The molecule has 2 unspecified atom stereocenters. The predicted octanol–water partition coefficient (Wildman–Crippen LogP) is 3.07. The zero-order chi connectivity index (χ0) is 16.6. The number of nitrogens with zero attached hydrogens (tertiary/aromatic N) is 1. The molecule has 3 rings (SSSR count). The molecule has 1 aliphatic carbocycles. The SMILES string of the molecule is CC(C)S(=O)(=O)NC1CC1c1ccc(-c2ccc(F)cn2)cc1. The Bertz CT molecular complexity index is 786. The minimum atomic E-state index is -3.23. The van der Waals surface area contributed by atoms with Gasteiger partial charge in [-0.15, -0.1) is 0 Å². The number of halogens is 1. The summed E-state index contributed by atoms with van der Waals surface area (Å²) >= 11 is 0. The molecule has 1 N–H and O–H groups in total. The van der Waals surface area contributed by atoms with Crippen molar-refractivity contribution in [1.82, 2.24) is 9.71 Å². The summed E-state index contributed by atoms with van der Waals surface area (Å²) in [4.78, 5) is 4.05. The third-order valence-corrected chi connectivity index (χ3v) is 5.96. The summed E-state index contributed by atoms with van der Waals surface area (Å²) in [7, 11) is -3.23. The zero-order valence-corrected chi connectivity index (χ0v) is 13.8. The molecular weight excluding hydrogens is 315 g/mol. The second kappa shape index (κ2) is 6.02. The van der Waals surface area contributed by atoms with Gasteiger partial charge in [-0.25, -0.2) is 17.5 Å². The Labute approximate surface area is 135 Å². The van der Waals surface area contributed by atoms with Gasteiger partial charge in [0.25, 0.3) is 0 Å². The smallest absolute Gasteiger partial charge is 0.214 e. The average molecular weight is 334 g/mol. The monoisotopic (exact) mass is 334 g/mol. The normalized spacial score (nSPS) is 20.7. The van der Waals surface area contributed by atoms with Crippen molar-refractivity contribution in [2.24, 2.45) is 0 Å². The number of aromatic nitrogens is 1. The van der Waals surface area contributed by atoms with Crippen LogP contribution in [0.3, 0.4) is 0 Å². The lowest BCUT2D eigenvalue weighted by Crippen LogP contribution is -2.33. The van der Waals surface area contributed by atoms with Crippen LogP contribution in [0.5, 0.6) is 0 Å². The highest BCUT2D eigenvalue weighted by Gasteiger charge is 2.41. The van der Waals surface area contributed by atoms with Crippen LogP contribution < -0.4 is 4.72 Å².